The largest absolute Gasteiger partial charge is 0.445 e. The molecular weight excluding hydrogens is 923 g/mol. The number of hydrogen-bond donors (Lipinski definition) is 3. The molecule has 356 valence electrons. The minimum Gasteiger partial charge on any atom is -0.445 e. The molecule has 7 aromatic rings. The first kappa shape index (κ1) is 54.5. The minimum atomic E-state index is -0.283. The molecule has 2 saturated heterocycles. The van der Waals surface area contributed by atoms with E-state index in [0.29, 0.717) is 32.0 Å². The molecule has 2 unspecified atom stereocenters. The Hall–Kier alpha value is -5.84. The van der Waals surface area contributed by atoms with Gasteiger partial charge in [0.05, 0.1) is 22.1 Å². The fourth-order valence-electron chi connectivity index (χ4n) is 8.43. The van der Waals surface area contributed by atoms with Gasteiger partial charge in [-0.2, -0.15) is 0 Å². The predicted molar refractivity (Wildman–Crippen MR) is 263 cm³/mol. The van der Waals surface area contributed by atoms with Crippen molar-refractivity contribution >= 4 is 34.4 Å². The Labute approximate surface area is 403 Å². The number of carbonyl (C=O) groups excluding carboxylic acids is 2. The number of amides is 1. The van der Waals surface area contributed by atoms with Crippen LogP contribution in [0.15, 0.2) is 149 Å². The number of carbonyl (C=O) groups is 2. The van der Waals surface area contributed by atoms with Crippen LogP contribution in [0.25, 0.3) is 22.1 Å². The summed E-state index contributed by atoms with van der Waals surface area (Å²) in [7, 11) is 1.00. The molecule has 2 fully saturated rings. The number of para-hydroxylation sites is 4. The van der Waals surface area contributed by atoms with Gasteiger partial charge < -0.3 is 41.8 Å². The number of aromatic nitrogens is 4. The van der Waals surface area contributed by atoms with Crippen molar-refractivity contribution in [3.05, 3.63) is 185 Å². The van der Waals surface area contributed by atoms with E-state index in [1.54, 1.807) is 9.47 Å². The average Bonchev–Trinajstić information content (AvgIpc) is 3.83. The van der Waals surface area contributed by atoms with Crippen LogP contribution in [0.3, 0.4) is 0 Å². The standard InChI is InChI=1S/C21H23N3O3.C21H25N3O.C8H8O.CH4O.CH4.CH3.Pd/c25-20-22-18-10-4-5-11-19(18)24(20)14-17-9-6-12-23(13-17)21(26)27-15-16-7-2-1-3-8-16;25-21-22-19-10-4-5-11-20(19)24(21)16-18-9-6-13-23(15-18)14-12-17-7-2-1-3-8-17;9-7-6-8-4-2-1-3-5-8;1-2;;;/h1-5,7-8,10-11,17H,6,9,12-15H2,(H,22,25);1-5,7-8,10-11,18H,6,9,12-16H2,(H,22,25);1-5,7H,6H2;2H,1H3;1H4;1H3;/q;;;;;-1;. The van der Waals surface area contributed by atoms with Crippen LogP contribution in [0.4, 0.5) is 4.79 Å². The van der Waals surface area contributed by atoms with Gasteiger partial charge in [0.1, 0.15) is 12.9 Å². The Morgan fingerprint density at radius 2 is 1.11 bits per heavy atom. The second-order valence-corrected chi connectivity index (χ2v) is 16.0. The molecule has 0 aliphatic carbocycles. The minimum absolute atomic E-state index is 0. The number of aromatic amines is 2. The molecule has 2 aliphatic heterocycles. The fourth-order valence-corrected chi connectivity index (χ4v) is 8.43. The molecule has 0 bridgehead atoms. The first-order chi connectivity index (χ1) is 30.9. The van der Waals surface area contributed by atoms with E-state index >= 15 is 0 Å². The van der Waals surface area contributed by atoms with Crippen LogP contribution in [-0.2, 0) is 62.5 Å². The van der Waals surface area contributed by atoms with Gasteiger partial charge in [-0.1, -0.05) is 123 Å². The monoisotopic (exact) mass is 989 g/mol. The molecule has 0 saturated carbocycles. The van der Waals surface area contributed by atoms with Crippen molar-refractivity contribution in [1.29, 1.82) is 0 Å². The number of aliphatic hydroxyl groups is 1. The van der Waals surface area contributed by atoms with E-state index in [-0.39, 0.29) is 65.3 Å². The van der Waals surface area contributed by atoms with E-state index in [9.17, 15) is 19.2 Å². The molecule has 12 nitrogen and oxygen atoms in total. The van der Waals surface area contributed by atoms with Crippen molar-refractivity contribution in [2.75, 3.05) is 39.8 Å². The molecule has 13 heteroatoms. The number of aliphatic hydroxyl groups excluding tert-OH is 1. The Balaban J connectivity index is 0.000000276. The van der Waals surface area contributed by atoms with Gasteiger partial charge in [0.2, 0.25) is 0 Å². The molecule has 9 rings (SSSR count). The number of benzene rings is 5. The zero-order valence-corrected chi connectivity index (χ0v) is 39.1. The van der Waals surface area contributed by atoms with Crippen LogP contribution in [-0.4, -0.2) is 86.2 Å². The third-order valence-corrected chi connectivity index (χ3v) is 11.6. The van der Waals surface area contributed by atoms with Crippen molar-refractivity contribution < 1.29 is 39.9 Å². The van der Waals surface area contributed by atoms with E-state index < -0.39 is 0 Å². The van der Waals surface area contributed by atoms with Crippen LogP contribution in [0.1, 0.15) is 49.8 Å². The number of ether oxygens (including phenoxy) is 1. The number of imidazole rings is 2. The SMILES string of the molecule is C.CO.O=C(OCc1ccccc1)N1CCCC(Cn2c(=O)[nH]c3ccccc32)C1.O=CCc1ccccc1.O=c1[nH]c2ccccc2n1CC1CCCN(CCc2ccccc2)C1.[CH3-].[Pd]. The summed E-state index contributed by atoms with van der Waals surface area (Å²) in [5.41, 5.74) is 7.08. The maximum atomic E-state index is 12.4. The maximum absolute atomic E-state index is 12.4. The molecule has 2 aromatic heterocycles. The molecule has 2 atom stereocenters. The molecular formula is C53H67N6O6Pd-. The summed E-state index contributed by atoms with van der Waals surface area (Å²) in [4.78, 5) is 57.2. The summed E-state index contributed by atoms with van der Waals surface area (Å²) in [5.74, 6) is 0.779. The smallest absolute Gasteiger partial charge is 0.410 e. The van der Waals surface area contributed by atoms with Crippen LogP contribution in [0, 0.1) is 19.3 Å². The molecule has 0 spiro atoms. The van der Waals surface area contributed by atoms with Crippen molar-refractivity contribution in [1.82, 2.24) is 28.9 Å². The number of nitrogens with one attached hydrogen (secondary N) is 2. The van der Waals surface area contributed by atoms with Crippen LogP contribution < -0.4 is 11.4 Å². The first-order valence-corrected chi connectivity index (χ1v) is 21.9. The van der Waals surface area contributed by atoms with Crippen molar-refractivity contribution in [3.63, 3.8) is 0 Å². The van der Waals surface area contributed by atoms with E-state index in [1.807, 2.05) is 114 Å². The van der Waals surface area contributed by atoms with E-state index in [0.717, 1.165) is 85.5 Å². The molecule has 4 heterocycles. The summed E-state index contributed by atoms with van der Waals surface area (Å²) in [6.07, 6.45) is 6.59. The molecule has 3 N–H and O–H groups in total. The first-order valence-electron chi connectivity index (χ1n) is 21.9. The van der Waals surface area contributed by atoms with Gasteiger partial charge >= 0.3 is 17.5 Å². The van der Waals surface area contributed by atoms with Gasteiger partial charge in [-0.05, 0) is 91.4 Å². The number of piperidine rings is 2. The maximum Gasteiger partial charge on any atom is 0.410 e. The number of H-pyrrole nitrogens is 2. The van der Waals surface area contributed by atoms with Crippen molar-refractivity contribution in [2.24, 2.45) is 11.8 Å². The number of likely N-dealkylation sites (tertiary alicyclic amines) is 2. The zero-order chi connectivity index (χ0) is 44.2. The van der Waals surface area contributed by atoms with Crippen molar-refractivity contribution in [3.8, 4) is 0 Å². The Morgan fingerprint density at radius 3 is 1.64 bits per heavy atom. The number of aldehydes is 1. The van der Waals surface area contributed by atoms with Crippen molar-refractivity contribution in [2.45, 2.75) is 65.6 Å². The van der Waals surface area contributed by atoms with Gasteiger partial charge in [-0.15, -0.1) is 0 Å². The molecule has 5 aromatic carbocycles. The van der Waals surface area contributed by atoms with E-state index in [4.69, 9.17) is 9.84 Å². The van der Waals surface area contributed by atoms with Crippen LogP contribution in [0.2, 0.25) is 0 Å². The second kappa shape index (κ2) is 28.9. The third kappa shape index (κ3) is 15.9. The third-order valence-electron chi connectivity index (χ3n) is 11.6. The van der Waals surface area contributed by atoms with Crippen LogP contribution >= 0.6 is 0 Å². The van der Waals surface area contributed by atoms with Gasteiger partial charge in [0.15, 0.2) is 0 Å². The number of rotatable bonds is 11. The molecule has 1 amide bonds. The van der Waals surface area contributed by atoms with Gasteiger partial charge in [-0.3, -0.25) is 9.13 Å². The summed E-state index contributed by atoms with van der Waals surface area (Å²) in [5, 5.41) is 7.00. The molecule has 2 aliphatic rings. The molecule has 0 radical (unpaired) electrons. The van der Waals surface area contributed by atoms with E-state index in [1.165, 1.54) is 24.9 Å². The average molecular weight is 991 g/mol. The van der Waals surface area contributed by atoms with Gasteiger partial charge in [0, 0.05) is 73.2 Å². The fraction of sp³-hybridized carbons (Fsp3) is 0.340. The summed E-state index contributed by atoms with van der Waals surface area (Å²) in [6.45, 7) is 6.36. The number of nitrogens with zero attached hydrogens (tertiary/aromatic N) is 4. The Kier molecular flexibility index (Phi) is 23.9. The van der Waals surface area contributed by atoms with Gasteiger partial charge in [0.25, 0.3) is 0 Å². The quantitative estimate of drug-likeness (QED) is 0.0668. The topological polar surface area (TPSA) is 146 Å². The Bertz CT molecular complexity index is 2560. The van der Waals surface area contributed by atoms with Gasteiger partial charge in [-0.25, -0.2) is 14.4 Å². The Morgan fingerprint density at radius 1 is 0.652 bits per heavy atom. The van der Waals surface area contributed by atoms with Crippen LogP contribution in [0.5, 0.6) is 0 Å². The molecule has 66 heavy (non-hydrogen) atoms. The predicted octanol–water partition coefficient (Wildman–Crippen LogP) is 8.78. The number of hydrogen-bond acceptors (Lipinski definition) is 7. The second-order valence-electron chi connectivity index (χ2n) is 16.0. The summed E-state index contributed by atoms with van der Waals surface area (Å²) in [6, 6.07) is 45.7. The normalized spacial score (nSPS) is 15.4. The summed E-state index contributed by atoms with van der Waals surface area (Å²) < 4.78 is 9.15. The van der Waals surface area contributed by atoms with E-state index in [2.05, 4.69) is 45.2 Å². The number of fused-ring (bicyclic) bond motifs is 2. The summed E-state index contributed by atoms with van der Waals surface area (Å²) >= 11 is 0. The zero-order valence-electron chi connectivity index (χ0n) is 37.5.